The topological polar surface area (TPSA) is 56.3 Å². The van der Waals surface area contributed by atoms with Crippen LogP contribution in [0, 0.1) is 0 Å². The standard InChI is InChI=1S/C25H36N6S/c1-19-12-8-11-17-31(19)23-18-22(30-15-9-3-4-10-16-30)27-24(28-23)29-25(32)26-20(2)21-13-6-5-7-14-21/h5-7,13-14,18-20H,3-4,8-12,15-17H2,1-2H3,(H2,26,27,28,29,32). The molecule has 1 aromatic carbocycles. The van der Waals surface area contributed by atoms with Crippen LogP contribution in [-0.4, -0.2) is 40.8 Å². The van der Waals surface area contributed by atoms with Gasteiger partial charge < -0.3 is 20.4 Å². The second-order valence-corrected chi connectivity index (χ2v) is 9.49. The lowest BCUT2D eigenvalue weighted by Gasteiger charge is -2.35. The lowest BCUT2D eigenvalue weighted by atomic mass is 10.0. The highest BCUT2D eigenvalue weighted by atomic mass is 32.1. The Morgan fingerprint density at radius 1 is 0.969 bits per heavy atom. The van der Waals surface area contributed by atoms with Gasteiger partial charge in [0.1, 0.15) is 11.6 Å². The molecule has 7 heteroatoms. The molecule has 2 aromatic rings. The summed E-state index contributed by atoms with van der Waals surface area (Å²) in [6, 6.07) is 13.1. The number of hydrogen-bond acceptors (Lipinski definition) is 5. The van der Waals surface area contributed by atoms with Gasteiger partial charge in [0, 0.05) is 31.7 Å². The van der Waals surface area contributed by atoms with Gasteiger partial charge in [0.2, 0.25) is 5.95 Å². The van der Waals surface area contributed by atoms with Crippen LogP contribution in [-0.2, 0) is 0 Å². The number of nitrogens with one attached hydrogen (secondary N) is 2. The van der Waals surface area contributed by atoms with Crippen molar-refractivity contribution < 1.29 is 0 Å². The van der Waals surface area contributed by atoms with E-state index in [4.69, 9.17) is 22.2 Å². The number of aromatic nitrogens is 2. The molecule has 2 fully saturated rings. The summed E-state index contributed by atoms with van der Waals surface area (Å²) >= 11 is 5.63. The summed E-state index contributed by atoms with van der Waals surface area (Å²) in [5.74, 6) is 2.60. The predicted molar refractivity (Wildman–Crippen MR) is 138 cm³/mol. The molecule has 0 saturated carbocycles. The Hall–Kier alpha value is -2.41. The van der Waals surface area contributed by atoms with E-state index < -0.39 is 0 Å². The number of nitrogens with zero attached hydrogens (tertiary/aromatic N) is 4. The monoisotopic (exact) mass is 452 g/mol. The highest BCUT2D eigenvalue weighted by Gasteiger charge is 2.23. The van der Waals surface area contributed by atoms with Gasteiger partial charge in [-0.15, -0.1) is 0 Å². The zero-order chi connectivity index (χ0) is 22.3. The van der Waals surface area contributed by atoms with Crippen molar-refractivity contribution in [3.8, 4) is 0 Å². The van der Waals surface area contributed by atoms with E-state index in [2.05, 4.69) is 52.5 Å². The van der Waals surface area contributed by atoms with Gasteiger partial charge in [-0.3, -0.25) is 0 Å². The molecule has 0 bridgehead atoms. The molecule has 0 amide bonds. The van der Waals surface area contributed by atoms with Gasteiger partial charge in [-0.05, 0) is 63.7 Å². The van der Waals surface area contributed by atoms with E-state index in [1.165, 1.54) is 50.5 Å². The van der Waals surface area contributed by atoms with Crippen molar-refractivity contribution in [2.75, 3.05) is 34.8 Å². The summed E-state index contributed by atoms with van der Waals surface area (Å²) in [7, 11) is 0. The van der Waals surface area contributed by atoms with Crippen molar-refractivity contribution >= 4 is 34.9 Å². The maximum absolute atomic E-state index is 5.63. The smallest absolute Gasteiger partial charge is 0.232 e. The fourth-order valence-corrected chi connectivity index (χ4v) is 4.95. The molecule has 0 radical (unpaired) electrons. The number of rotatable bonds is 5. The van der Waals surface area contributed by atoms with Crippen LogP contribution < -0.4 is 20.4 Å². The Kier molecular flexibility index (Phi) is 7.79. The second kappa shape index (κ2) is 10.9. The molecule has 0 aliphatic carbocycles. The van der Waals surface area contributed by atoms with Crippen LogP contribution in [0.4, 0.5) is 17.6 Å². The van der Waals surface area contributed by atoms with E-state index in [9.17, 15) is 0 Å². The Morgan fingerprint density at radius 2 is 1.66 bits per heavy atom. The van der Waals surface area contributed by atoms with Crippen LogP contribution in [0.3, 0.4) is 0 Å². The predicted octanol–water partition coefficient (Wildman–Crippen LogP) is 5.28. The fourth-order valence-electron chi connectivity index (χ4n) is 4.68. The molecule has 0 spiro atoms. The average molecular weight is 453 g/mol. The largest absolute Gasteiger partial charge is 0.356 e. The molecule has 2 aliphatic rings. The third kappa shape index (κ3) is 5.88. The van der Waals surface area contributed by atoms with Gasteiger partial charge in [-0.2, -0.15) is 9.97 Å². The zero-order valence-electron chi connectivity index (χ0n) is 19.4. The SMILES string of the molecule is CC(NC(=S)Nc1nc(N2CCCCCC2)cc(N2CCCCC2C)n1)c1ccccc1. The molecule has 32 heavy (non-hydrogen) atoms. The first-order chi connectivity index (χ1) is 15.6. The maximum atomic E-state index is 5.63. The van der Waals surface area contributed by atoms with Crippen LogP contribution in [0.15, 0.2) is 36.4 Å². The van der Waals surface area contributed by atoms with E-state index in [1.54, 1.807) is 0 Å². The van der Waals surface area contributed by atoms with E-state index in [-0.39, 0.29) is 6.04 Å². The molecule has 2 N–H and O–H groups in total. The summed E-state index contributed by atoms with van der Waals surface area (Å²) in [5.41, 5.74) is 1.19. The van der Waals surface area contributed by atoms with Gasteiger partial charge in [0.15, 0.2) is 5.11 Å². The lowest BCUT2D eigenvalue weighted by molar-refractivity contribution is 0.481. The number of hydrogen-bond donors (Lipinski definition) is 2. The minimum Gasteiger partial charge on any atom is -0.356 e. The van der Waals surface area contributed by atoms with Crippen molar-refractivity contribution in [3.63, 3.8) is 0 Å². The zero-order valence-corrected chi connectivity index (χ0v) is 20.2. The molecule has 2 saturated heterocycles. The number of thiocarbonyl (C=S) groups is 1. The van der Waals surface area contributed by atoms with Crippen LogP contribution in [0.2, 0.25) is 0 Å². The quantitative estimate of drug-likeness (QED) is 0.598. The molecular weight excluding hydrogens is 416 g/mol. The van der Waals surface area contributed by atoms with Crippen molar-refractivity contribution in [2.24, 2.45) is 0 Å². The molecular formula is C25H36N6S. The number of piperidine rings is 1. The Labute approximate surface area is 197 Å². The van der Waals surface area contributed by atoms with Gasteiger partial charge in [0.05, 0.1) is 6.04 Å². The molecule has 172 valence electrons. The Balaban J connectivity index is 1.54. The highest BCUT2D eigenvalue weighted by molar-refractivity contribution is 7.80. The molecule has 2 atom stereocenters. The van der Waals surface area contributed by atoms with Crippen molar-refractivity contribution in [2.45, 2.75) is 70.9 Å². The molecule has 3 heterocycles. The Morgan fingerprint density at radius 3 is 2.38 bits per heavy atom. The minimum atomic E-state index is 0.103. The maximum Gasteiger partial charge on any atom is 0.232 e. The van der Waals surface area contributed by atoms with Crippen molar-refractivity contribution in [1.29, 1.82) is 0 Å². The molecule has 4 rings (SSSR count). The van der Waals surface area contributed by atoms with Gasteiger partial charge in [-0.25, -0.2) is 0 Å². The Bertz CT molecular complexity index is 881. The van der Waals surface area contributed by atoms with Gasteiger partial charge in [-0.1, -0.05) is 43.2 Å². The third-order valence-electron chi connectivity index (χ3n) is 6.60. The summed E-state index contributed by atoms with van der Waals surface area (Å²) in [6.45, 7) is 7.57. The lowest BCUT2D eigenvalue weighted by Crippen LogP contribution is -2.38. The minimum absolute atomic E-state index is 0.103. The van der Waals surface area contributed by atoms with Gasteiger partial charge >= 0.3 is 0 Å². The summed E-state index contributed by atoms with van der Waals surface area (Å²) in [6.07, 6.45) is 8.75. The normalized spacial score (nSPS) is 20.4. The fraction of sp³-hybridized carbons (Fsp3) is 0.560. The highest BCUT2D eigenvalue weighted by Crippen LogP contribution is 2.28. The van der Waals surface area contributed by atoms with E-state index in [0.29, 0.717) is 17.1 Å². The molecule has 2 aliphatic heterocycles. The van der Waals surface area contributed by atoms with Crippen molar-refractivity contribution in [3.05, 3.63) is 42.0 Å². The average Bonchev–Trinajstić information content (AvgIpc) is 3.09. The van der Waals surface area contributed by atoms with E-state index in [1.807, 2.05) is 18.2 Å². The van der Waals surface area contributed by atoms with E-state index >= 15 is 0 Å². The van der Waals surface area contributed by atoms with E-state index in [0.717, 1.165) is 31.3 Å². The first kappa shape index (κ1) is 22.8. The first-order valence-corrected chi connectivity index (χ1v) is 12.5. The second-order valence-electron chi connectivity index (χ2n) is 9.08. The third-order valence-corrected chi connectivity index (χ3v) is 6.82. The molecule has 6 nitrogen and oxygen atoms in total. The van der Waals surface area contributed by atoms with Crippen LogP contribution in [0.25, 0.3) is 0 Å². The van der Waals surface area contributed by atoms with Crippen molar-refractivity contribution in [1.82, 2.24) is 15.3 Å². The summed E-state index contributed by atoms with van der Waals surface area (Å²) in [4.78, 5) is 14.6. The van der Waals surface area contributed by atoms with Crippen LogP contribution in [0.1, 0.15) is 70.4 Å². The number of benzene rings is 1. The molecule has 2 unspecified atom stereocenters. The summed E-state index contributed by atoms with van der Waals surface area (Å²) in [5, 5.41) is 7.20. The number of anilines is 3. The first-order valence-electron chi connectivity index (χ1n) is 12.1. The van der Waals surface area contributed by atoms with Gasteiger partial charge in [0.25, 0.3) is 0 Å². The van der Waals surface area contributed by atoms with Crippen LogP contribution >= 0.6 is 12.2 Å². The van der Waals surface area contributed by atoms with Crippen LogP contribution in [0.5, 0.6) is 0 Å². The molecule has 1 aromatic heterocycles. The summed E-state index contributed by atoms with van der Waals surface area (Å²) < 4.78 is 0.